The van der Waals surface area contributed by atoms with Crippen LogP contribution in [-0.4, -0.2) is 61.9 Å². The highest BCUT2D eigenvalue weighted by Crippen LogP contribution is 2.30. The van der Waals surface area contributed by atoms with Crippen LogP contribution >= 0.6 is 11.3 Å². The second-order valence-electron chi connectivity index (χ2n) is 7.41. The number of carbonyl (C=O) groups is 1. The van der Waals surface area contributed by atoms with Crippen LogP contribution in [0.25, 0.3) is 10.2 Å². The highest BCUT2D eigenvalue weighted by molar-refractivity contribution is 7.20. The van der Waals surface area contributed by atoms with Gasteiger partial charge >= 0.3 is 12.6 Å². The molecule has 0 fully saturated rings. The molecular weight excluding hydrogens is 472 g/mol. The Morgan fingerprint density at radius 1 is 1.21 bits per heavy atom. The molecule has 0 saturated carbocycles. The summed E-state index contributed by atoms with van der Waals surface area (Å²) < 4.78 is 44.7. The summed E-state index contributed by atoms with van der Waals surface area (Å²) in [5.41, 5.74) is 0.972. The van der Waals surface area contributed by atoms with E-state index in [1.54, 1.807) is 19.1 Å². The number of hydrogen-bond donors (Lipinski definition) is 1. The molecule has 0 radical (unpaired) electrons. The fraction of sp³-hybridized carbons (Fsp3) is 0.409. The van der Waals surface area contributed by atoms with Crippen LogP contribution < -0.4 is 15.0 Å². The number of nitrogens with zero attached hydrogens (tertiary/aromatic N) is 2. The lowest BCUT2D eigenvalue weighted by Crippen LogP contribution is -2.21. The number of thiophene rings is 1. The lowest BCUT2D eigenvalue weighted by Gasteiger charge is -2.17. The molecule has 0 unspecified atom stereocenters. The maximum Gasteiger partial charge on any atom is 0.387 e. The zero-order chi connectivity index (χ0) is 24.8. The predicted molar refractivity (Wildman–Crippen MR) is 122 cm³/mol. The Labute approximate surface area is 198 Å². The summed E-state index contributed by atoms with van der Waals surface area (Å²) >= 11 is 1.10. The molecule has 1 aromatic carbocycles. The number of methoxy groups -OCH3 is 2. The minimum Gasteiger partial charge on any atom is -0.493 e. The molecule has 0 bridgehead atoms. The number of ether oxygens (including phenoxy) is 4. The van der Waals surface area contributed by atoms with Crippen LogP contribution in [0.1, 0.15) is 26.6 Å². The van der Waals surface area contributed by atoms with Gasteiger partial charge in [-0.05, 0) is 37.2 Å². The van der Waals surface area contributed by atoms with Gasteiger partial charge in [-0.1, -0.05) is 6.07 Å². The number of carbonyl (C=O) groups excluding carboxylic acids is 1. The highest BCUT2D eigenvalue weighted by Gasteiger charge is 2.21. The quantitative estimate of drug-likeness (QED) is 0.318. The minimum atomic E-state index is -2.95. The molecule has 12 heteroatoms. The maximum absolute atomic E-state index is 12.7. The average Bonchev–Trinajstić information content (AvgIpc) is 3.11. The second-order valence-corrected chi connectivity index (χ2v) is 8.41. The van der Waals surface area contributed by atoms with E-state index in [4.69, 9.17) is 14.2 Å². The molecule has 3 rings (SSSR count). The first-order valence-corrected chi connectivity index (χ1v) is 11.0. The molecule has 0 spiro atoms. The SMILES string of the molecule is COCCOC(=O)c1sc2nc(CN(C)Cc3ccc(OC(F)F)c(OC)c3)[nH]c(=O)c2c1C. The number of aromatic nitrogens is 2. The van der Waals surface area contributed by atoms with Gasteiger partial charge in [-0.3, -0.25) is 9.69 Å². The molecule has 9 nitrogen and oxygen atoms in total. The van der Waals surface area contributed by atoms with Gasteiger partial charge in [-0.15, -0.1) is 11.3 Å². The number of H-pyrrole nitrogens is 1. The van der Waals surface area contributed by atoms with E-state index in [0.29, 0.717) is 39.6 Å². The molecule has 184 valence electrons. The summed E-state index contributed by atoms with van der Waals surface area (Å²) in [6.07, 6.45) is 0. The van der Waals surface area contributed by atoms with E-state index >= 15 is 0 Å². The number of hydrogen-bond acceptors (Lipinski definition) is 9. The van der Waals surface area contributed by atoms with Crippen molar-refractivity contribution in [3.63, 3.8) is 0 Å². The predicted octanol–water partition coefficient (Wildman–Crippen LogP) is 3.34. The molecular formula is C22H25F2N3O6S. The van der Waals surface area contributed by atoms with Gasteiger partial charge < -0.3 is 23.9 Å². The van der Waals surface area contributed by atoms with Crippen molar-refractivity contribution in [2.75, 3.05) is 34.5 Å². The Balaban J connectivity index is 1.76. The van der Waals surface area contributed by atoms with Gasteiger partial charge in [0.05, 0.1) is 25.6 Å². The zero-order valence-corrected chi connectivity index (χ0v) is 20.0. The van der Waals surface area contributed by atoms with Crippen LogP contribution in [0.5, 0.6) is 11.5 Å². The van der Waals surface area contributed by atoms with E-state index in [0.717, 1.165) is 16.9 Å². The van der Waals surface area contributed by atoms with Crippen molar-refractivity contribution in [2.45, 2.75) is 26.6 Å². The van der Waals surface area contributed by atoms with Crippen LogP contribution in [0.3, 0.4) is 0 Å². The number of alkyl halides is 2. The Hall–Kier alpha value is -3.09. The van der Waals surface area contributed by atoms with Gasteiger partial charge in [0.2, 0.25) is 0 Å². The summed E-state index contributed by atoms with van der Waals surface area (Å²) in [5.74, 6) is 0.0390. The Morgan fingerprint density at radius 2 is 1.97 bits per heavy atom. The molecule has 3 aromatic rings. The van der Waals surface area contributed by atoms with Gasteiger partial charge in [0.15, 0.2) is 11.5 Å². The Kier molecular flexibility index (Phi) is 8.53. The number of benzene rings is 1. The number of fused-ring (bicyclic) bond motifs is 1. The number of rotatable bonds is 11. The number of nitrogens with one attached hydrogen (secondary N) is 1. The number of aromatic amines is 1. The third kappa shape index (κ3) is 6.07. The van der Waals surface area contributed by atoms with Gasteiger partial charge in [-0.25, -0.2) is 9.78 Å². The third-order valence-corrected chi connectivity index (χ3v) is 6.04. The van der Waals surface area contributed by atoms with Crippen LogP contribution in [0.15, 0.2) is 23.0 Å². The van der Waals surface area contributed by atoms with Crippen molar-refractivity contribution in [3.8, 4) is 11.5 Å². The molecule has 0 saturated heterocycles. The van der Waals surface area contributed by atoms with Crippen molar-refractivity contribution < 1.29 is 32.5 Å². The first kappa shape index (κ1) is 25.5. The fourth-order valence-electron chi connectivity index (χ4n) is 3.37. The van der Waals surface area contributed by atoms with E-state index in [2.05, 4.69) is 14.7 Å². The van der Waals surface area contributed by atoms with Gasteiger partial charge in [-0.2, -0.15) is 8.78 Å². The largest absolute Gasteiger partial charge is 0.493 e. The molecule has 1 N–H and O–H groups in total. The second kappa shape index (κ2) is 11.4. The first-order chi connectivity index (χ1) is 16.2. The van der Waals surface area contributed by atoms with Crippen molar-refractivity contribution in [1.29, 1.82) is 0 Å². The number of aryl methyl sites for hydroxylation is 1. The van der Waals surface area contributed by atoms with E-state index in [-0.39, 0.29) is 30.3 Å². The molecule has 0 aliphatic rings. The Morgan fingerprint density at radius 3 is 2.65 bits per heavy atom. The minimum absolute atomic E-state index is 0.0510. The van der Waals surface area contributed by atoms with E-state index in [1.165, 1.54) is 20.3 Å². The number of esters is 1. The van der Waals surface area contributed by atoms with Crippen LogP contribution in [0.4, 0.5) is 8.78 Å². The zero-order valence-electron chi connectivity index (χ0n) is 19.1. The monoisotopic (exact) mass is 497 g/mol. The van der Waals surface area contributed by atoms with E-state index in [9.17, 15) is 18.4 Å². The molecule has 34 heavy (non-hydrogen) atoms. The van der Waals surface area contributed by atoms with Crippen molar-refractivity contribution >= 4 is 27.5 Å². The summed E-state index contributed by atoms with van der Waals surface area (Å²) in [6.45, 7) is -0.153. The molecule has 0 amide bonds. The normalized spacial score (nSPS) is 11.4. The first-order valence-electron chi connectivity index (χ1n) is 10.2. The summed E-state index contributed by atoms with van der Waals surface area (Å²) in [5, 5.41) is 0.356. The van der Waals surface area contributed by atoms with E-state index < -0.39 is 12.6 Å². The summed E-state index contributed by atoms with van der Waals surface area (Å²) in [4.78, 5) is 35.0. The Bertz CT molecular complexity index is 1210. The molecule has 2 heterocycles. The van der Waals surface area contributed by atoms with Gasteiger partial charge in [0, 0.05) is 13.7 Å². The molecule has 0 aliphatic carbocycles. The number of halogens is 2. The van der Waals surface area contributed by atoms with Crippen LogP contribution in [0, 0.1) is 6.92 Å². The summed E-state index contributed by atoms with van der Waals surface area (Å²) in [7, 11) is 4.70. The van der Waals surface area contributed by atoms with Gasteiger partial charge in [0.1, 0.15) is 22.1 Å². The van der Waals surface area contributed by atoms with Crippen LogP contribution in [-0.2, 0) is 22.6 Å². The third-order valence-electron chi connectivity index (χ3n) is 4.87. The van der Waals surface area contributed by atoms with Crippen molar-refractivity contribution in [1.82, 2.24) is 14.9 Å². The maximum atomic E-state index is 12.7. The highest BCUT2D eigenvalue weighted by atomic mass is 32.1. The van der Waals surface area contributed by atoms with Crippen LogP contribution in [0.2, 0.25) is 0 Å². The fourth-order valence-corrected chi connectivity index (χ4v) is 4.46. The smallest absolute Gasteiger partial charge is 0.387 e. The molecule has 0 atom stereocenters. The van der Waals surface area contributed by atoms with E-state index in [1.807, 2.05) is 11.9 Å². The summed E-state index contributed by atoms with van der Waals surface area (Å²) in [6, 6.07) is 4.68. The van der Waals surface area contributed by atoms with Gasteiger partial charge in [0.25, 0.3) is 5.56 Å². The standard InChI is InChI=1S/C22H25F2N3O6S/c1-12-17-19(28)25-16(26-20(17)34-18(12)21(29)32-8-7-30-3)11-27(2)10-13-5-6-14(33-22(23)24)15(9-13)31-4/h5-6,9,22H,7-8,10-11H2,1-4H3,(H,25,26,28). The average molecular weight is 498 g/mol. The lowest BCUT2D eigenvalue weighted by atomic mass is 10.2. The van der Waals surface area contributed by atoms with Crippen molar-refractivity contribution in [2.24, 2.45) is 0 Å². The topological polar surface area (TPSA) is 103 Å². The van der Waals surface area contributed by atoms with Crippen molar-refractivity contribution in [3.05, 3.63) is 50.4 Å². The molecule has 0 aliphatic heterocycles. The lowest BCUT2D eigenvalue weighted by molar-refractivity contribution is -0.0512. The molecule has 2 aromatic heterocycles.